The van der Waals surface area contributed by atoms with Gasteiger partial charge in [-0.15, -0.1) is 5.10 Å². The lowest BCUT2D eigenvalue weighted by Gasteiger charge is -2.05. The van der Waals surface area contributed by atoms with E-state index in [2.05, 4.69) is 15.5 Å². The molecule has 72 valence electrons. The molecule has 1 aromatic heterocycles. The molecule has 0 aliphatic heterocycles. The number of nitrogens with zero attached hydrogens (tertiary/aromatic N) is 4. The van der Waals surface area contributed by atoms with Crippen LogP contribution < -0.4 is 5.73 Å². The average molecular weight is 189 g/mol. The van der Waals surface area contributed by atoms with Crippen LogP contribution in [0, 0.1) is 6.92 Å². The second-order valence-electron chi connectivity index (χ2n) is 3.16. The Morgan fingerprint density at radius 1 is 1.36 bits per heavy atom. The van der Waals surface area contributed by atoms with Crippen molar-refractivity contribution in [3.8, 4) is 11.4 Å². The molecule has 0 fully saturated rings. The van der Waals surface area contributed by atoms with Gasteiger partial charge < -0.3 is 5.73 Å². The van der Waals surface area contributed by atoms with Crippen molar-refractivity contribution in [1.29, 1.82) is 0 Å². The Bertz CT molecular complexity index is 460. The van der Waals surface area contributed by atoms with Gasteiger partial charge in [0.15, 0.2) is 5.82 Å². The van der Waals surface area contributed by atoms with Crippen LogP contribution in [0.5, 0.6) is 0 Å². The molecule has 2 rings (SSSR count). The van der Waals surface area contributed by atoms with E-state index in [1.54, 1.807) is 11.7 Å². The fourth-order valence-electron chi connectivity index (χ4n) is 1.33. The van der Waals surface area contributed by atoms with E-state index in [-0.39, 0.29) is 0 Å². The zero-order valence-electron chi connectivity index (χ0n) is 8.10. The van der Waals surface area contributed by atoms with Crippen LogP contribution in [0.25, 0.3) is 11.4 Å². The number of hydrogen-bond acceptors (Lipinski definition) is 4. The van der Waals surface area contributed by atoms with Crippen LogP contribution in [0.2, 0.25) is 0 Å². The maximum Gasteiger partial charge on any atom is 0.183 e. The first-order valence-electron chi connectivity index (χ1n) is 4.28. The van der Waals surface area contributed by atoms with Gasteiger partial charge in [-0.3, -0.25) is 0 Å². The second-order valence-corrected chi connectivity index (χ2v) is 3.16. The van der Waals surface area contributed by atoms with E-state index in [1.165, 1.54) is 0 Å². The Morgan fingerprint density at radius 2 is 2.14 bits per heavy atom. The topological polar surface area (TPSA) is 69.6 Å². The van der Waals surface area contributed by atoms with Crippen LogP contribution in [-0.4, -0.2) is 20.2 Å². The van der Waals surface area contributed by atoms with E-state index in [0.717, 1.165) is 16.8 Å². The standard InChI is InChI=1S/C9H11N5/c1-6-4-3-5-7(8(6)10)9-11-12-13-14(9)2/h3-5H,10H2,1-2H3. The molecule has 0 unspecified atom stereocenters. The Labute approximate surface area is 81.5 Å². The summed E-state index contributed by atoms with van der Waals surface area (Å²) in [6.45, 7) is 1.96. The van der Waals surface area contributed by atoms with E-state index >= 15 is 0 Å². The van der Waals surface area contributed by atoms with E-state index in [9.17, 15) is 0 Å². The molecule has 5 heteroatoms. The van der Waals surface area contributed by atoms with Crippen LogP contribution >= 0.6 is 0 Å². The molecule has 2 N–H and O–H groups in total. The van der Waals surface area contributed by atoms with Crippen LogP contribution in [-0.2, 0) is 7.05 Å². The summed E-state index contributed by atoms with van der Waals surface area (Å²) < 4.78 is 1.60. The maximum absolute atomic E-state index is 5.93. The molecule has 0 amide bonds. The van der Waals surface area contributed by atoms with Gasteiger partial charge in [0.05, 0.1) is 0 Å². The van der Waals surface area contributed by atoms with Gasteiger partial charge in [0.1, 0.15) is 0 Å². The van der Waals surface area contributed by atoms with Gasteiger partial charge in [0.25, 0.3) is 0 Å². The first-order chi connectivity index (χ1) is 6.70. The molecule has 0 saturated heterocycles. The SMILES string of the molecule is Cc1cccc(-c2nnnn2C)c1N. The van der Waals surface area contributed by atoms with E-state index in [1.807, 2.05) is 25.1 Å². The van der Waals surface area contributed by atoms with Gasteiger partial charge in [-0.1, -0.05) is 12.1 Å². The molecule has 0 saturated carbocycles. The van der Waals surface area contributed by atoms with Gasteiger partial charge in [-0.05, 0) is 29.0 Å². The number of hydrogen-bond donors (Lipinski definition) is 1. The second kappa shape index (κ2) is 3.10. The van der Waals surface area contributed by atoms with E-state index < -0.39 is 0 Å². The van der Waals surface area contributed by atoms with Crippen LogP contribution in [0.3, 0.4) is 0 Å². The largest absolute Gasteiger partial charge is 0.398 e. The molecule has 0 bridgehead atoms. The lowest BCUT2D eigenvalue weighted by molar-refractivity contribution is 0.715. The summed E-state index contributed by atoms with van der Waals surface area (Å²) in [6, 6.07) is 5.81. The summed E-state index contributed by atoms with van der Waals surface area (Å²) in [5.74, 6) is 0.686. The first-order valence-corrected chi connectivity index (χ1v) is 4.28. The number of aromatic nitrogens is 4. The number of rotatable bonds is 1. The molecule has 5 nitrogen and oxygen atoms in total. The van der Waals surface area contributed by atoms with Gasteiger partial charge in [0, 0.05) is 18.3 Å². The third-order valence-corrected chi connectivity index (χ3v) is 2.19. The van der Waals surface area contributed by atoms with Gasteiger partial charge in [-0.2, -0.15) is 0 Å². The van der Waals surface area contributed by atoms with Crippen molar-refractivity contribution in [3.05, 3.63) is 23.8 Å². The highest BCUT2D eigenvalue weighted by Gasteiger charge is 2.09. The Balaban J connectivity index is 2.63. The molecule has 1 heterocycles. The number of nitrogens with two attached hydrogens (primary N) is 1. The molecule has 0 aliphatic rings. The fraction of sp³-hybridized carbons (Fsp3) is 0.222. The first kappa shape index (κ1) is 8.68. The fourth-order valence-corrected chi connectivity index (χ4v) is 1.33. The lowest BCUT2D eigenvalue weighted by atomic mass is 10.1. The van der Waals surface area contributed by atoms with Crippen molar-refractivity contribution in [2.45, 2.75) is 6.92 Å². The average Bonchev–Trinajstić information content (AvgIpc) is 2.57. The number of tetrazole rings is 1. The quantitative estimate of drug-likeness (QED) is 0.672. The van der Waals surface area contributed by atoms with Crippen molar-refractivity contribution in [3.63, 3.8) is 0 Å². The molecule has 0 radical (unpaired) electrons. The van der Waals surface area contributed by atoms with Crippen molar-refractivity contribution < 1.29 is 0 Å². The van der Waals surface area contributed by atoms with E-state index in [4.69, 9.17) is 5.73 Å². The zero-order valence-corrected chi connectivity index (χ0v) is 8.10. The third kappa shape index (κ3) is 1.22. The van der Waals surface area contributed by atoms with Gasteiger partial charge in [0.2, 0.25) is 0 Å². The van der Waals surface area contributed by atoms with Crippen LogP contribution in [0.4, 0.5) is 5.69 Å². The Kier molecular flexibility index (Phi) is 1.92. The smallest absolute Gasteiger partial charge is 0.183 e. The van der Waals surface area contributed by atoms with Crippen LogP contribution in [0.15, 0.2) is 18.2 Å². The summed E-state index contributed by atoms with van der Waals surface area (Å²) in [6.07, 6.45) is 0. The van der Waals surface area contributed by atoms with Gasteiger partial charge >= 0.3 is 0 Å². The minimum atomic E-state index is 0.686. The molecule has 0 spiro atoms. The van der Waals surface area contributed by atoms with Crippen molar-refractivity contribution in [1.82, 2.24) is 20.2 Å². The molecule has 1 aromatic carbocycles. The van der Waals surface area contributed by atoms with Crippen molar-refractivity contribution >= 4 is 5.69 Å². The summed E-state index contributed by atoms with van der Waals surface area (Å²) in [5, 5.41) is 11.2. The number of aryl methyl sites for hydroxylation is 2. The highest BCUT2D eigenvalue weighted by molar-refractivity contribution is 5.73. The highest BCUT2D eigenvalue weighted by atomic mass is 15.5. The summed E-state index contributed by atoms with van der Waals surface area (Å²) in [7, 11) is 1.79. The number of nitrogen functional groups attached to an aromatic ring is 1. The number of benzene rings is 1. The van der Waals surface area contributed by atoms with E-state index in [0.29, 0.717) is 5.82 Å². The molecule has 2 aromatic rings. The zero-order chi connectivity index (χ0) is 10.1. The Morgan fingerprint density at radius 3 is 2.79 bits per heavy atom. The highest BCUT2D eigenvalue weighted by Crippen LogP contribution is 2.25. The predicted molar refractivity (Wildman–Crippen MR) is 53.4 cm³/mol. The molecular weight excluding hydrogens is 178 g/mol. The summed E-state index contributed by atoms with van der Waals surface area (Å²) in [4.78, 5) is 0. The minimum absolute atomic E-state index is 0.686. The molecular formula is C9H11N5. The van der Waals surface area contributed by atoms with Crippen molar-refractivity contribution in [2.75, 3.05) is 5.73 Å². The summed E-state index contributed by atoms with van der Waals surface area (Å²) in [5.41, 5.74) is 8.57. The van der Waals surface area contributed by atoms with Crippen LogP contribution in [0.1, 0.15) is 5.56 Å². The Hall–Kier alpha value is -1.91. The molecule has 0 aliphatic carbocycles. The maximum atomic E-state index is 5.93. The normalized spacial score (nSPS) is 10.4. The predicted octanol–water partition coefficient (Wildman–Crippen LogP) is 0.768. The summed E-state index contributed by atoms with van der Waals surface area (Å²) >= 11 is 0. The molecule has 14 heavy (non-hydrogen) atoms. The lowest BCUT2D eigenvalue weighted by Crippen LogP contribution is -1.99. The number of para-hydroxylation sites is 1. The molecule has 0 atom stereocenters. The van der Waals surface area contributed by atoms with Gasteiger partial charge in [-0.25, -0.2) is 4.68 Å². The monoisotopic (exact) mass is 189 g/mol. The van der Waals surface area contributed by atoms with Crippen molar-refractivity contribution in [2.24, 2.45) is 7.05 Å². The number of anilines is 1. The minimum Gasteiger partial charge on any atom is -0.398 e. The third-order valence-electron chi connectivity index (χ3n) is 2.19.